The first kappa shape index (κ1) is 15.9. The third-order valence-electron chi connectivity index (χ3n) is 2.74. The van der Waals surface area contributed by atoms with Crippen LogP contribution in [0.15, 0.2) is 18.3 Å². The predicted molar refractivity (Wildman–Crippen MR) is 80.5 cm³/mol. The van der Waals surface area contributed by atoms with E-state index in [-0.39, 0.29) is 5.41 Å². The van der Waals surface area contributed by atoms with Crippen LogP contribution in [0.4, 0.5) is 5.82 Å². The Labute approximate surface area is 117 Å². The zero-order valence-electron chi connectivity index (χ0n) is 12.9. The highest BCUT2D eigenvalue weighted by molar-refractivity contribution is 5.46. The van der Waals surface area contributed by atoms with Crippen molar-refractivity contribution in [3.63, 3.8) is 0 Å². The first-order chi connectivity index (χ1) is 8.94. The van der Waals surface area contributed by atoms with Gasteiger partial charge in [-0.15, -0.1) is 0 Å². The third kappa shape index (κ3) is 6.03. The smallest absolute Gasteiger partial charge is 0.132 e. The lowest BCUT2D eigenvalue weighted by molar-refractivity contribution is 0.199. The number of aromatic nitrogens is 1. The average Bonchev–Trinajstić information content (AvgIpc) is 2.33. The zero-order chi connectivity index (χ0) is 14.3. The second-order valence-electron chi connectivity index (χ2n) is 6.07. The number of hydrogen-bond acceptors (Lipinski definition) is 4. The Morgan fingerprint density at radius 2 is 2.11 bits per heavy atom. The number of ether oxygens (including phenoxy) is 1. The maximum Gasteiger partial charge on any atom is 0.132 e. The van der Waals surface area contributed by atoms with E-state index in [0.29, 0.717) is 0 Å². The first-order valence-electron chi connectivity index (χ1n) is 6.79. The van der Waals surface area contributed by atoms with Crippen molar-refractivity contribution in [1.29, 1.82) is 0 Å². The molecule has 1 rings (SSSR count). The third-order valence-corrected chi connectivity index (χ3v) is 2.74. The normalized spacial score (nSPS) is 11.6. The van der Waals surface area contributed by atoms with Gasteiger partial charge >= 0.3 is 0 Å². The second-order valence-corrected chi connectivity index (χ2v) is 6.07. The number of rotatable bonds is 7. The molecule has 0 aromatic carbocycles. The Hall–Kier alpha value is -1.13. The van der Waals surface area contributed by atoms with Crippen LogP contribution in [0.3, 0.4) is 0 Å². The van der Waals surface area contributed by atoms with E-state index in [9.17, 15) is 0 Å². The molecular weight excluding hydrogens is 238 g/mol. The van der Waals surface area contributed by atoms with Gasteiger partial charge in [0.1, 0.15) is 5.82 Å². The topological polar surface area (TPSA) is 37.4 Å². The lowest BCUT2D eigenvalue weighted by atomic mass is 9.96. The molecule has 108 valence electrons. The molecule has 1 heterocycles. The van der Waals surface area contributed by atoms with Gasteiger partial charge in [-0.2, -0.15) is 0 Å². The molecule has 0 aliphatic heterocycles. The number of anilines is 1. The van der Waals surface area contributed by atoms with Gasteiger partial charge < -0.3 is 15.0 Å². The van der Waals surface area contributed by atoms with Crippen molar-refractivity contribution in [3.05, 3.63) is 23.9 Å². The highest BCUT2D eigenvalue weighted by Gasteiger charge is 2.16. The fourth-order valence-electron chi connectivity index (χ4n) is 2.10. The van der Waals surface area contributed by atoms with E-state index in [1.165, 1.54) is 5.56 Å². The number of hydrogen-bond donors (Lipinski definition) is 1. The van der Waals surface area contributed by atoms with Gasteiger partial charge in [-0.25, -0.2) is 4.98 Å². The Morgan fingerprint density at radius 3 is 2.74 bits per heavy atom. The molecule has 1 N–H and O–H groups in total. The van der Waals surface area contributed by atoms with Crippen molar-refractivity contribution in [2.75, 3.05) is 38.8 Å². The molecule has 4 heteroatoms. The minimum atomic E-state index is 0.257. The SMILES string of the molecule is COCCNCc1cccnc1N(C)CC(C)(C)C. The fraction of sp³-hybridized carbons (Fsp3) is 0.667. The van der Waals surface area contributed by atoms with Crippen LogP contribution < -0.4 is 10.2 Å². The molecule has 0 aliphatic carbocycles. The molecule has 0 atom stereocenters. The summed E-state index contributed by atoms with van der Waals surface area (Å²) in [5.74, 6) is 1.06. The highest BCUT2D eigenvalue weighted by Crippen LogP contribution is 2.21. The summed E-state index contributed by atoms with van der Waals surface area (Å²) in [6.45, 7) is 10.1. The molecule has 0 saturated heterocycles. The summed E-state index contributed by atoms with van der Waals surface area (Å²) in [4.78, 5) is 6.75. The van der Waals surface area contributed by atoms with Gasteiger partial charge in [0.25, 0.3) is 0 Å². The van der Waals surface area contributed by atoms with Crippen molar-refractivity contribution in [2.45, 2.75) is 27.3 Å². The maximum atomic E-state index is 5.03. The molecule has 0 unspecified atom stereocenters. The standard InChI is InChI=1S/C15H27N3O/c1-15(2,3)12-18(4)14-13(7-6-8-17-14)11-16-9-10-19-5/h6-8,16H,9-12H2,1-5H3. The summed E-state index contributed by atoms with van der Waals surface area (Å²) in [5.41, 5.74) is 1.48. The Kier molecular flexibility index (Phi) is 6.25. The molecule has 0 aliphatic rings. The van der Waals surface area contributed by atoms with Gasteiger partial charge in [0, 0.05) is 45.6 Å². The predicted octanol–water partition coefficient (Wildman–Crippen LogP) is 2.30. The van der Waals surface area contributed by atoms with Crippen LogP contribution >= 0.6 is 0 Å². The quantitative estimate of drug-likeness (QED) is 0.768. The van der Waals surface area contributed by atoms with E-state index < -0.39 is 0 Å². The summed E-state index contributed by atoms with van der Waals surface area (Å²) >= 11 is 0. The number of pyridine rings is 1. The van der Waals surface area contributed by atoms with Crippen LogP contribution in [0, 0.1) is 5.41 Å². The molecule has 1 aromatic rings. The van der Waals surface area contributed by atoms with Gasteiger partial charge in [0.15, 0.2) is 0 Å². The summed E-state index contributed by atoms with van der Waals surface area (Å²) in [6.07, 6.45) is 1.85. The van der Waals surface area contributed by atoms with Crippen molar-refractivity contribution >= 4 is 5.82 Å². The number of methoxy groups -OCH3 is 1. The van der Waals surface area contributed by atoms with Gasteiger partial charge in [-0.3, -0.25) is 0 Å². The summed E-state index contributed by atoms with van der Waals surface area (Å²) in [7, 11) is 3.82. The van der Waals surface area contributed by atoms with Gasteiger partial charge in [0.2, 0.25) is 0 Å². The largest absolute Gasteiger partial charge is 0.383 e. The molecule has 0 saturated carbocycles. The molecule has 0 bridgehead atoms. The van der Waals surface area contributed by atoms with Crippen LogP contribution in [-0.2, 0) is 11.3 Å². The molecule has 0 spiro atoms. The van der Waals surface area contributed by atoms with Crippen molar-refractivity contribution in [1.82, 2.24) is 10.3 Å². The maximum absolute atomic E-state index is 5.03. The van der Waals surface area contributed by atoms with E-state index in [0.717, 1.165) is 32.1 Å². The summed E-state index contributed by atoms with van der Waals surface area (Å²) in [6, 6.07) is 4.11. The Morgan fingerprint density at radius 1 is 1.37 bits per heavy atom. The van der Waals surface area contributed by atoms with Crippen molar-refractivity contribution in [3.8, 4) is 0 Å². The minimum Gasteiger partial charge on any atom is -0.383 e. The van der Waals surface area contributed by atoms with Crippen LogP contribution in [0.2, 0.25) is 0 Å². The second kappa shape index (κ2) is 7.46. The van der Waals surface area contributed by atoms with E-state index in [2.05, 4.69) is 49.1 Å². The molecule has 4 nitrogen and oxygen atoms in total. The van der Waals surface area contributed by atoms with Crippen LogP contribution in [0.25, 0.3) is 0 Å². The molecular formula is C15H27N3O. The molecule has 0 fully saturated rings. The highest BCUT2D eigenvalue weighted by atomic mass is 16.5. The van der Waals surface area contributed by atoms with Crippen molar-refractivity contribution in [2.24, 2.45) is 5.41 Å². The summed E-state index contributed by atoms with van der Waals surface area (Å²) < 4.78 is 5.03. The summed E-state index contributed by atoms with van der Waals surface area (Å²) in [5, 5.41) is 3.37. The first-order valence-corrected chi connectivity index (χ1v) is 6.79. The Bertz CT molecular complexity index is 374. The lowest BCUT2D eigenvalue weighted by Crippen LogP contribution is -2.31. The monoisotopic (exact) mass is 265 g/mol. The van der Waals surface area contributed by atoms with Crippen LogP contribution in [-0.4, -0.2) is 38.8 Å². The van der Waals surface area contributed by atoms with Gasteiger partial charge in [-0.05, 0) is 11.5 Å². The lowest BCUT2D eigenvalue weighted by Gasteiger charge is -2.28. The van der Waals surface area contributed by atoms with Crippen LogP contribution in [0.1, 0.15) is 26.3 Å². The van der Waals surface area contributed by atoms with Crippen molar-refractivity contribution < 1.29 is 4.74 Å². The molecule has 0 radical (unpaired) electrons. The van der Waals surface area contributed by atoms with E-state index >= 15 is 0 Å². The molecule has 1 aromatic heterocycles. The average molecular weight is 265 g/mol. The minimum absolute atomic E-state index is 0.257. The molecule has 0 amide bonds. The van der Waals surface area contributed by atoms with Gasteiger partial charge in [0.05, 0.1) is 6.61 Å². The zero-order valence-corrected chi connectivity index (χ0v) is 12.9. The van der Waals surface area contributed by atoms with Gasteiger partial charge in [-0.1, -0.05) is 26.8 Å². The Balaban J connectivity index is 2.66. The molecule has 19 heavy (non-hydrogen) atoms. The van der Waals surface area contributed by atoms with E-state index in [4.69, 9.17) is 4.74 Å². The fourth-order valence-corrected chi connectivity index (χ4v) is 2.10. The number of nitrogens with zero attached hydrogens (tertiary/aromatic N) is 2. The van der Waals surface area contributed by atoms with Crippen LogP contribution in [0.5, 0.6) is 0 Å². The van der Waals surface area contributed by atoms with E-state index in [1.54, 1.807) is 7.11 Å². The van der Waals surface area contributed by atoms with E-state index in [1.807, 2.05) is 12.3 Å². The number of nitrogens with one attached hydrogen (secondary N) is 1.